The van der Waals surface area contributed by atoms with Crippen molar-refractivity contribution < 1.29 is 4.79 Å². The van der Waals surface area contributed by atoms with Crippen molar-refractivity contribution in [2.75, 3.05) is 7.05 Å². The van der Waals surface area contributed by atoms with E-state index >= 15 is 0 Å². The van der Waals surface area contributed by atoms with E-state index in [2.05, 4.69) is 27.7 Å². The van der Waals surface area contributed by atoms with Gasteiger partial charge in [-0.1, -0.05) is 13.8 Å². The zero-order chi connectivity index (χ0) is 10.9. The average Bonchev–Trinajstić information content (AvgIpc) is 2.84. The number of nitrogens with zero attached hydrogens (tertiary/aromatic N) is 1. The lowest BCUT2D eigenvalue weighted by atomic mass is 9.88. The van der Waals surface area contributed by atoms with Gasteiger partial charge in [0.2, 0.25) is 5.91 Å². The summed E-state index contributed by atoms with van der Waals surface area (Å²) >= 11 is 0. The summed E-state index contributed by atoms with van der Waals surface area (Å²) in [5, 5.41) is 0. The number of rotatable bonds is 4. The number of carbonyl (C=O) groups is 1. The SMILES string of the molecule is CC(C)N(C)C(=O)CC1(C(C)C)CC1. The largest absolute Gasteiger partial charge is 0.343 e. The standard InChI is InChI=1S/C12H23NO/c1-9(2)12(6-7-12)8-11(14)13(5)10(3)4/h9-10H,6-8H2,1-5H3. The molecule has 0 N–H and O–H groups in total. The van der Waals surface area contributed by atoms with Crippen LogP contribution in [0.15, 0.2) is 0 Å². The summed E-state index contributed by atoms with van der Waals surface area (Å²) in [6, 6.07) is 0.325. The Labute approximate surface area is 87.7 Å². The highest BCUT2D eigenvalue weighted by Crippen LogP contribution is 2.54. The summed E-state index contributed by atoms with van der Waals surface area (Å²) in [6.45, 7) is 8.59. The topological polar surface area (TPSA) is 20.3 Å². The molecule has 1 fully saturated rings. The second kappa shape index (κ2) is 3.92. The molecular formula is C12H23NO. The van der Waals surface area contributed by atoms with Crippen molar-refractivity contribution >= 4 is 5.91 Å². The zero-order valence-corrected chi connectivity index (χ0v) is 10.1. The van der Waals surface area contributed by atoms with Gasteiger partial charge in [-0.25, -0.2) is 0 Å². The molecule has 0 bridgehead atoms. The molecule has 0 saturated heterocycles. The zero-order valence-electron chi connectivity index (χ0n) is 10.1. The smallest absolute Gasteiger partial charge is 0.223 e. The highest BCUT2D eigenvalue weighted by Gasteiger charge is 2.47. The van der Waals surface area contributed by atoms with Crippen molar-refractivity contribution in [3.8, 4) is 0 Å². The van der Waals surface area contributed by atoms with Gasteiger partial charge in [-0.15, -0.1) is 0 Å². The molecule has 2 heteroatoms. The fraction of sp³-hybridized carbons (Fsp3) is 0.917. The Kier molecular flexibility index (Phi) is 3.23. The molecule has 14 heavy (non-hydrogen) atoms. The first-order valence-corrected chi connectivity index (χ1v) is 5.65. The lowest BCUT2D eigenvalue weighted by Gasteiger charge is -2.26. The molecule has 0 unspecified atom stereocenters. The van der Waals surface area contributed by atoms with Crippen LogP contribution in [-0.4, -0.2) is 23.9 Å². The van der Waals surface area contributed by atoms with Crippen LogP contribution >= 0.6 is 0 Å². The number of amides is 1. The van der Waals surface area contributed by atoms with E-state index in [9.17, 15) is 4.79 Å². The highest BCUT2D eigenvalue weighted by atomic mass is 16.2. The second-order valence-corrected chi connectivity index (χ2v) is 5.29. The quantitative estimate of drug-likeness (QED) is 0.678. The van der Waals surface area contributed by atoms with Gasteiger partial charge in [0.15, 0.2) is 0 Å². The van der Waals surface area contributed by atoms with Crippen LogP contribution in [0.2, 0.25) is 0 Å². The maximum absolute atomic E-state index is 11.9. The summed E-state index contributed by atoms with van der Waals surface area (Å²) in [5.74, 6) is 0.957. The Balaban J connectivity index is 2.49. The molecule has 0 aromatic rings. The molecule has 0 aromatic heterocycles. The van der Waals surface area contributed by atoms with Crippen LogP contribution in [-0.2, 0) is 4.79 Å². The normalized spacial score (nSPS) is 18.8. The summed E-state index contributed by atoms with van der Waals surface area (Å²) < 4.78 is 0. The molecule has 0 atom stereocenters. The molecule has 82 valence electrons. The van der Waals surface area contributed by atoms with Gasteiger partial charge in [-0.05, 0) is 38.0 Å². The molecule has 0 aliphatic heterocycles. The van der Waals surface area contributed by atoms with E-state index in [0.717, 1.165) is 6.42 Å². The second-order valence-electron chi connectivity index (χ2n) is 5.29. The number of hydrogen-bond donors (Lipinski definition) is 0. The minimum absolute atomic E-state index is 0.311. The molecule has 2 nitrogen and oxygen atoms in total. The molecular weight excluding hydrogens is 174 g/mol. The van der Waals surface area contributed by atoms with Crippen LogP contribution in [0.4, 0.5) is 0 Å². The summed E-state index contributed by atoms with van der Waals surface area (Å²) in [4.78, 5) is 13.7. The van der Waals surface area contributed by atoms with E-state index in [1.54, 1.807) is 0 Å². The van der Waals surface area contributed by atoms with Gasteiger partial charge in [0, 0.05) is 19.5 Å². The van der Waals surface area contributed by atoms with Crippen molar-refractivity contribution in [1.29, 1.82) is 0 Å². The van der Waals surface area contributed by atoms with Crippen molar-refractivity contribution in [2.24, 2.45) is 11.3 Å². The Morgan fingerprint density at radius 1 is 1.29 bits per heavy atom. The third-order valence-electron chi connectivity index (χ3n) is 3.79. The molecule has 1 saturated carbocycles. The minimum atomic E-state index is 0.311. The van der Waals surface area contributed by atoms with E-state index < -0.39 is 0 Å². The van der Waals surface area contributed by atoms with Crippen molar-refractivity contribution in [3.05, 3.63) is 0 Å². The van der Waals surface area contributed by atoms with Crippen molar-refractivity contribution in [3.63, 3.8) is 0 Å². The first kappa shape index (κ1) is 11.5. The van der Waals surface area contributed by atoms with Gasteiger partial charge in [0.1, 0.15) is 0 Å². The molecule has 1 rings (SSSR count). The number of carbonyl (C=O) groups excluding carboxylic acids is 1. The van der Waals surface area contributed by atoms with Gasteiger partial charge in [0.25, 0.3) is 0 Å². The molecule has 0 heterocycles. The Bertz CT molecular complexity index is 216. The van der Waals surface area contributed by atoms with Crippen molar-refractivity contribution in [1.82, 2.24) is 4.90 Å². The van der Waals surface area contributed by atoms with Gasteiger partial charge >= 0.3 is 0 Å². The molecule has 1 amide bonds. The van der Waals surface area contributed by atoms with Gasteiger partial charge in [-0.3, -0.25) is 4.79 Å². The molecule has 1 aliphatic carbocycles. The van der Waals surface area contributed by atoms with Crippen LogP contribution in [0.3, 0.4) is 0 Å². The van der Waals surface area contributed by atoms with Gasteiger partial charge in [0.05, 0.1) is 0 Å². The van der Waals surface area contributed by atoms with E-state index in [1.807, 2.05) is 11.9 Å². The summed E-state index contributed by atoms with van der Waals surface area (Å²) in [7, 11) is 1.91. The van der Waals surface area contributed by atoms with Crippen LogP contribution in [0.1, 0.15) is 47.0 Å². The lowest BCUT2D eigenvalue weighted by Crippen LogP contribution is -2.35. The fourth-order valence-electron chi connectivity index (χ4n) is 1.83. The maximum Gasteiger partial charge on any atom is 0.223 e. The third-order valence-corrected chi connectivity index (χ3v) is 3.79. The Morgan fingerprint density at radius 3 is 2.07 bits per heavy atom. The van der Waals surface area contributed by atoms with Crippen molar-refractivity contribution in [2.45, 2.75) is 53.0 Å². The highest BCUT2D eigenvalue weighted by molar-refractivity contribution is 5.77. The minimum Gasteiger partial charge on any atom is -0.343 e. The average molecular weight is 197 g/mol. The van der Waals surface area contributed by atoms with Crippen LogP contribution in [0.5, 0.6) is 0 Å². The van der Waals surface area contributed by atoms with Gasteiger partial charge in [-0.2, -0.15) is 0 Å². The van der Waals surface area contributed by atoms with E-state index in [1.165, 1.54) is 12.8 Å². The monoisotopic (exact) mass is 197 g/mol. The molecule has 0 spiro atoms. The van der Waals surface area contributed by atoms with E-state index in [-0.39, 0.29) is 0 Å². The fourth-order valence-corrected chi connectivity index (χ4v) is 1.83. The van der Waals surface area contributed by atoms with Gasteiger partial charge < -0.3 is 4.90 Å². The lowest BCUT2D eigenvalue weighted by molar-refractivity contribution is -0.133. The predicted molar refractivity (Wildman–Crippen MR) is 59.0 cm³/mol. The first-order valence-electron chi connectivity index (χ1n) is 5.65. The van der Waals surface area contributed by atoms with Crippen LogP contribution in [0.25, 0.3) is 0 Å². The third kappa shape index (κ3) is 2.28. The maximum atomic E-state index is 11.9. The van der Waals surface area contributed by atoms with Crippen LogP contribution < -0.4 is 0 Å². The first-order chi connectivity index (χ1) is 6.39. The predicted octanol–water partition coefficient (Wildman–Crippen LogP) is 2.68. The van der Waals surface area contributed by atoms with E-state index in [4.69, 9.17) is 0 Å². The Morgan fingerprint density at radius 2 is 1.79 bits per heavy atom. The molecule has 1 aliphatic rings. The Hall–Kier alpha value is -0.530. The summed E-state index contributed by atoms with van der Waals surface area (Å²) in [5.41, 5.74) is 0.347. The van der Waals surface area contributed by atoms with E-state index in [0.29, 0.717) is 23.3 Å². The molecule has 0 aromatic carbocycles. The van der Waals surface area contributed by atoms with Crippen LogP contribution in [0, 0.1) is 11.3 Å². The number of hydrogen-bond acceptors (Lipinski definition) is 1. The summed E-state index contributed by atoms with van der Waals surface area (Å²) in [6.07, 6.45) is 3.23. The molecule has 0 radical (unpaired) electrons.